The van der Waals surface area contributed by atoms with Gasteiger partial charge in [-0.15, -0.1) is 0 Å². The maximum absolute atomic E-state index is 10.7. The van der Waals surface area contributed by atoms with Gasteiger partial charge in [0.05, 0.1) is 24.4 Å². The first-order valence-corrected chi connectivity index (χ1v) is 8.95. The van der Waals surface area contributed by atoms with Crippen LogP contribution in [-0.2, 0) is 14.3 Å². The molecule has 0 aromatic heterocycles. The summed E-state index contributed by atoms with van der Waals surface area (Å²) in [4.78, 5) is 10.7. The maximum atomic E-state index is 10.7. The molecule has 0 radical (unpaired) electrons. The molecule has 1 aliphatic heterocycles. The second-order valence-corrected chi connectivity index (χ2v) is 7.05. The smallest absolute Gasteiger partial charge is 0.122 e. The van der Waals surface area contributed by atoms with E-state index in [4.69, 9.17) is 9.47 Å². The number of ether oxygens (including phenoxy) is 2. The van der Waals surface area contributed by atoms with Crippen LogP contribution >= 0.6 is 0 Å². The van der Waals surface area contributed by atoms with Crippen molar-refractivity contribution in [3.05, 3.63) is 12.2 Å². The third-order valence-corrected chi connectivity index (χ3v) is 4.60. The summed E-state index contributed by atoms with van der Waals surface area (Å²) < 4.78 is 11.6. The Bertz CT molecular complexity index is 355. The van der Waals surface area contributed by atoms with Crippen LogP contribution in [0.15, 0.2) is 12.2 Å². The molecule has 1 rings (SSSR count). The van der Waals surface area contributed by atoms with Crippen molar-refractivity contribution in [1.29, 1.82) is 0 Å². The van der Waals surface area contributed by atoms with Crippen LogP contribution in [0.4, 0.5) is 0 Å². The fraction of sp³-hybridized carbons (Fsp3) is 0.842. The molecule has 0 aromatic carbocycles. The van der Waals surface area contributed by atoms with Crippen LogP contribution in [-0.4, -0.2) is 42.9 Å². The zero-order valence-corrected chi connectivity index (χ0v) is 15.0. The number of methoxy groups -OCH3 is 1. The van der Waals surface area contributed by atoms with Crippen molar-refractivity contribution in [3.63, 3.8) is 0 Å². The van der Waals surface area contributed by atoms with Crippen molar-refractivity contribution in [2.75, 3.05) is 7.11 Å². The van der Waals surface area contributed by atoms with E-state index in [-0.39, 0.29) is 24.4 Å². The van der Waals surface area contributed by atoms with Gasteiger partial charge in [0.1, 0.15) is 6.29 Å². The Morgan fingerprint density at radius 3 is 2.70 bits per heavy atom. The van der Waals surface area contributed by atoms with E-state index in [2.05, 4.69) is 20.4 Å². The van der Waals surface area contributed by atoms with E-state index >= 15 is 0 Å². The van der Waals surface area contributed by atoms with Crippen molar-refractivity contribution in [3.8, 4) is 0 Å². The van der Waals surface area contributed by atoms with Crippen molar-refractivity contribution in [1.82, 2.24) is 0 Å². The molecule has 5 atom stereocenters. The second-order valence-electron chi connectivity index (χ2n) is 7.05. The Morgan fingerprint density at radius 1 is 1.39 bits per heavy atom. The lowest BCUT2D eigenvalue weighted by Gasteiger charge is -2.33. The zero-order valence-electron chi connectivity index (χ0n) is 15.0. The molecular formula is C19H34O4. The predicted molar refractivity (Wildman–Crippen MR) is 92.4 cm³/mol. The highest BCUT2D eigenvalue weighted by atomic mass is 16.5. The van der Waals surface area contributed by atoms with Gasteiger partial charge in [-0.3, -0.25) is 0 Å². The molecule has 0 aromatic rings. The van der Waals surface area contributed by atoms with E-state index in [1.807, 2.05) is 0 Å². The number of aliphatic hydroxyl groups excluding tert-OH is 1. The zero-order chi connectivity index (χ0) is 17.2. The average molecular weight is 326 g/mol. The highest BCUT2D eigenvalue weighted by Crippen LogP contribution is 2.30. The summed E-state index contributed by atoms with van der Waals surface area (Å²) in [6, 6.07) is 0. The standard InChI is InChI=1S/C19H34O4/c1-5-6-16(21)13-18(22-4)10-15(3)12-19-11-14(2)9-17(23-19)7-8-20/h8,15-19,21H,2,5-7,9-13H2,1,3-4H3/t15-,16+,17+,18+,19+/m1/s1. The maximum Gasteiger partial charge on any atom is 0.122 e. The summed E-state index contributed by atoms with van der Waals surface area (Å²) in [5.74, 6) is 0.446. The number of carbonyl (C=O) groups is 1. The van der Waals surface area contributed by atoms with E-state index < -0.39 is 0 Å². The van der Waals surface area contributed by atoms with Crippen LogP contribution in [0.3, 0.4) is 0 Å². The first-order chi connectivity index (χ1) is 11.0. The van der Waals surface area contributed by atoms with Crippen LogP contribution in [0.1, 0.15) is 65.2 Å². The largest absolute Gasteiger partial charge is 0.393 e. The molecule has 134 valence electrons. The number of carbonyl (C=O) groups excluding carboxylic acids is 1. The van der Waals surface area contributed by atoms with Gasteiger partial charge in [0.25, 0.3) is 0 Å². The lowest BCUT2D eigenvalue weighted by Crippen LogP contribution is -2.31. The van der Waals surface area contributed by atoms with Crippen molar-refractivity contribution >= 4 is 6.29 Å². The third-order valence-electron chi connectivity index (χ3n) is 4.60. The van der Waals surface area contributed by atoms with Gasteiger partial charge in [-0.2, -0.15) is 0 Å². The van der Waals surface area contributed by atoms with Crippen LogP contribution in [0, 0.1) is 5.92 Å². The van der Waals surface area contributed by atoms with Crippen molar-refractivity contribution in [2.45, 2.75) is 89.6 Å². The van der Waals surface area contributed by atoms with Gasteiger partial charge in [-0.1, -0.05) is 32.4 Å². The molecule has 0 saturated carbocycles. The lowest BCUT2D eigenvalue weighted by atomic mass is 9.89. The summed E-state index contributed by atoms with van der Waals surface area (Å²) in [6.07, 6.45) is 7.39. The van der Waals surface area contributed by atoms with Crippen LogP contribution in [0.5, 0.6) is 0 Å². The molecule has 1 aliphatic rings. The van der Waals surface area contributed by atoms with Gasteiger partial charge in [-0.05, 0) is 44.4 Å². The molecule has 4 heteroatoms. The van der Waals surface area contributed by atoms with E-state index in [1.54, 1.807) is 7.11 Å². The second kappa shape index (κ2) is 11.0. The number of hydrogen-bond donors (Lipinski definition) is 1. The highest BCUT2D eigenvalue weighted by Gasteiger charge is 2.27. The highest BCUT2D eigenvalue weighted by molar-refractivity contribution is 5.50. The Labute approximate surface area is 141 Å². The van der Waals surface area contributed by atoms with E-state index in [9.17, 15) is 9.90 Å². The first kappa shape index (κ1) is 20.3. The van der Waals surface area contributed by atoms with Gasteiger partial charge >= 0.3 is 0 Å². The summed E-state index contributed by atoms with van der Waals surface area (Å²) in [5, 5.41) is 9.96. The van der Waals surface area contributed by atoms with Crippen molar-refractivity contribution in [2.24, 2.45) is 5.92 Å². The summed E-state index contributed by atoms with van der Waals surface area (Å²) in [6.45, 7) is 8.37. The molecule has 0 unspecified atom stereocenters. The molecule has 4 nitrogen and oxygen atoms in total. The molecule has 1 N–H and O–H groups in total. The Hall–Kier alpha value is -0.710. The molecule has 0 amide bonds. The fourth-order valence-corrected chi connectivity index (χ4v) is 3.52. The molecule has 0 aliphatic carbocycles. The van der Waals surface area contributed by atoms with Crippen LogP contribution < -0.4 is 0 Å². The number of aldehydes is 1. The predicted octanol–water partition coefficient (Wildman–Crippen LogP) is 3.66. The first-order valence-electron chi connectivity index (χ1n) is 8.95. The van der Waals surface area contributed by atoms with Crippen molar-refractivity contribution < 1.29 is 19.4 Å². The normalized spacial score (nSPS) is 25.8. The molecule has 0 bridgehead atoms. The number of aliphatic hydroxyl groups is 1. The minimum absolute atomic E-state index is 0.00412. The van der Waals surface area contributed by atoms with Gasteiger partial charge in [0.2, 0.25) is 0 Å². The minimum Gasteiger partial charge on any atom is -0.393 e. The van der Waals surface area contributed by atoms with Crippen LogP contribution in [0.2, 0.25) is 0 Å². The number of hydrogen-bond acceptors (Lipinski definition) is 4. The lowest BCUT2D eigenvalue weighted by molar-refractivity contribution is -0.113. The molecule has 1 heterocycles. The molecule has 1 fully saturated rings. The van der Waals surface area contributed by atoms with Gasteiger partial charge in [0, 0.05) is 13.5 Å². The van der Waals surface area contributed by atoms with E-state index in [0.717, 1.165) is 44.8 Å². The molecule has 1 saturated heterocycles. The van der Waals surface area contributed by atoms with Gasteiger partial charge in [0.15, 0.2) is 0 Å². The minimum atomic E-state index is -0.278. The van der Waals surface area contributed by atoms with Crippen LogP contribution in [0.25, 0.3) is 0 Å². The topological polar surface area (TPSA) is 55.8 Å². The third kappa shape index (κ3) is 8.09. The summed E-state index contributed by atoms with van der Waals surface area (Å²) in [5.41, 5.74) is 1.18. The van der Waals surface area contributed by atoms with E-state index in [1.165, 1.54) is 5.57 Å². The monoisotopic (exact) mass is 326 g/mol. The van der Waals surface area contributed by atoms with Gasteiger partial charge < -0.3 is 19.4 Å². The van der Waals surface area contributed by atoms with E-state index in [0.29, 0.717) is 18.8 Å². The Balaban J connectivity index is 2.42. The van der Waals surface area contributed by atoms with Gasteiger partial charge in [-0.25, -0.2) is 0 Å². The SMILES string of the molecule is C=C1C[C@H](CC=O)O[C@H](C[C@H](C)C[C@@H](C[C@@H](O)CCC)OC)C1. The number of rotatable bonds is 11. The Morgan fingerprint density at radius 2 is 2.09 bits per heavy atom. The Kier molecular flexibility index (Phi) is 9.68. The average Bonchev–Trinajstić information content (AvgIpc) is 2.46. The quantitative estimate of drug-likeness (QED) is 0.465. The summed E-state index contributed by atoms with van der Waals surface area (Å²) >= 11 is 0. The molecular weight excluding hydrogens is 292 g/mol. The summed E-state index contributed by atoms with van der Waals surface area (Å²) in [7, 11) is 1.72. The molecule has 0 spiro atoms. The fourth-order valence-electron chi connectivity index (χ4n) is 3.52. The molecule has 23 heavy (non-hydrogen) atoms.